The second-order valence-corrected chi connectivity index (χ2v) is 8.92. The fourth-order valence-corrected chi connectivity index (χ4v) is 3.21. The first-order chi connectivity index (χ1) is 15.6. The van der Waals surface area contributed by atoms with Crippen molar-refractivity contribution in [2.45, 2.75) is 29.9 Å². The Labute approximate surface area is 196 Å². The Hall–Kier alpha value is -2.98. The fraction of sp³-hybridized carbons (Fsp3) is 0.389. The Bertz CT molecular complexity index is 1100. The molecule has 0 unspecified atom stereocenters. The molecule has 16 heteroatoms. The number of rotatable bonds is 9. The van der Waals surface area contributed by atoms with Crippen molar-refractivity contribution < 1.29 is 50.0 Å². The predicted octanol–water partition coefficient (Wildman–Crippen LogP) is 2.25. The van der Waals surface area contributed by atoms with E-state index >= 15 is 0 Å². The number of hydrogen-bond acceptors (Lipinski definition) is 9. The molecular weight excluding hydrogens is 507 g/mol. The summed E-state index contributed by atoms with van der Waals surface area (Å²) >= 11 is 1.46. The number of nitrogens with zero attached hydrogens (tertiary/aromatic N) is 3. The molecule has 0 aliphatic heterocycles. The second kappa shape index (κ2) is 12.5. The van der Waals surface area contributed by atoms with Crippen molar-refractivity contribution in [2.24, 2.45) is 14.1 Å². The molecule has 0 radical (unpaired) electrons. The highest BCUT2D eigenvalue weighted by Gasteiger charge is 2.36. The van der Waals surface area contributed by atoms with Crippen LogP contribution in [0.25, 0.3) is 0 Å². The number of imidazole rings is 1. The number of hydrogen-bond donors (Lipinski definition) is 0. The number of esters is 1. The average molecular weight is 527 g/mol. The van der Waals surface area contributed by atoms with Crippen LogP contribution in [-0.2, 0) is 33.8 Å². The van der Waals surface area contributed by atoms with Gasteiger partial charge in [0.15, 0.2) is 10.1 Å². The predicted molar refractivity (Wildman–Crippen MR) is 111 cm³/mol. The van der Waals surface area contributed by atoms with Gasteiger partial charge in [-0.2, -0.15) is 13.2 Å². The molecule has 0 aliphatic carbocycles. The van der Waals surface area contributed by atoms with Crippen LogP contribution in [0.3, 0.4) is 0 Å². The van der Waals surface area contributed by atoms with E-state index in [1.807, 2.05) is 35.6 Å². The lowest BCUT2D eigenvalue weighted by Gasteiger charge is -2.08. The number of carbonyl (C=O) groups is 2. The van der Waals surface area contributed by atoms with Crippen LogP contribution in [0.4, 0.5) is 18.9 Å². The van der Waals surface area contributed by atoms with Crippen molar-refractivity contribution >= 4 is 39.3 Å². The third kappa shape index (κ3) is 9.88. The van der Waals surface area contributed by atoms with Gasteiger partial charge in [-0.3, -0.25) is 19.7 Å². The molecule has 1 aromatic carbocycles. The van der Waals surface area contributed by atoms with E-state index in [1.54, 1.807) is 0 Å². The van der Waals surface area contributed by atoms with Crippen LogP contribution in [0, 0.1) is 10.1 Å². The molecule has 1 heterocycles. The number of ether oxygens (including phenoxy) is 1. The maximum atomic E-state index is 11.9. The summed E-state index contributed by atoms with van der Waals surface area (Å²) in [7, 11) is -2.25. The van der Waals surface area contributed by atoms with E-state index in [1.165, 1.54) is 36.0 Å². The van der Waals surface area contributed by atoms with Crippen LogP contribution in [-0.4, -0.2) is 45.5 Å². The van der Waals surface area contributed by atoms with E-state index < -0.39 is 26.5 Å². The molecule has 0 bridgehead atoms. The quantitative estimate of drug-likeness (QED) is 0.0698. The van der Waals surface area contributed by atoms with Crippen molar-refractivity contribution in [1.82, 2.24) is 4.57 Å². The first-order valence-electron chi connectivity index (χ1n) is 9.24. The SMILES string of the molecule is Cn1cc[n+](C)c1SCC(=O)CCCC(=O)Oc1ccc([N+](=O)[O-])cc1.O=S(=O)([O-])C(F)(F)F. The van der Waals surface area contributed by atoms with Crippen LogP contribution in [0.2, 0.25) is 0 Å². The number of nitro groups is 1. The van der Waals surface area contributed by atoms with Crippen LogP contribution >= 0.6 is 11.8 Å². The van der Waals surface area contributed by atoms with Gasteiger partial charge in [-0.25, -0.2) is 17.6 Å². The van der Waals surface area contributed by atoms with Crippen LogP contribution < -0.4 is 9.30 Å². The van der Waals surface area contributed by atoms with E-state index in [0.29, 0.717) is 18.6 Å². The molecule has 0 saturated carbocycles. The van der Waals surface area contributed by atoms with Crippen molar-refractivity contribution in [3.63, 3.8) is 0 Å². The molecule has 0 fully saturated rings. The van der Waals surface area contributed by atoms with Crippen molar-refractivity contribution in [3.8, 4) is 5.75 Å². The number of halogens is 3. The summed E-state index contributed by atoms with van der Waals surface area (Å²) in [5.74, 6) is 0.203. The third-order valence-corrected chi connectivity index (χ3v) is 5.75. The van der Waals surface area contributed by atoms with E-state index in [2.05, 4.69) is 0 Å². The molecule has 0 atom stereocenters. The van der Waals surface area contributed by atoms with Gasteiger partial charge in [0.05, 0.1) is 24.8 Å². The largest absolute Gasteiger partial charge is 0.741 e. The Balaban J connectivity index is 0.000000620. The summed E-state index contributed by atoms with van der Waals surface area (Å²) in [6.45, 7) is 0. The smallest absolute Gasteiger partial charge is 0.485 e. The molecule has 188 valence electrons. The zero-order valence-corrected chi connectivity index (χ0v) is 19.5. The number of aryl methyl sites for hydroxylation is 2. The number of benzene rings is 1. The maximum Gasteiger partial charge on any atom is 0.485 e. The molecule has 34 heavy (non-hydrogen) atoms. The van der Waals surface area contributed by atoms with Gasteiger partial charge in [0.2, 0.25) is 0 Å². The number of thioether (sulfide) groups is 1. The van der Waals surface area contributed by atoms with E-state index in [9.17, 15) is 32.9 Å². The molecule has 0 spiro atoms. The highest BCUT2D eigenvalue weighted by molar-refractivity contribution is 7.99. The highest BCUT2D eigenvalue weighted by atomic mass is 32.2. The topological polar surface area (TPSA) is 153 Å². The van der Waals surface area contributed by atoms with Gasteiger partial charge in [-0.05, 0) is 30.3 Å². The lowest BCUT2D eigenvalue weighted by molar-refractivity contribution is -0.709. The summed E-state index contributed by atoms with van der Waals surface area (Å²) in [6, 6.07) is 5.29. The molecule has 2 aromatic rings. The van der Waals surface area contributed by atoms with Crippen molar-refractivity contribution in [2.75, 3.05) is 5.75 Å². The van der Waals surface area contributed by atoms with E-state index in [-0.39, 0.29) is 23.6 Å². The van der Waals surface area contributed by atoms with E-state index in [0.717, 1.165) is 5.16 Å². The van der Waals surface area contributed by atoms with Crippen molar-refractivity contribution in [3.05, 3.63) is 46.8 Å². The average Bonchev–Trinajstić information content (AvgIpc) is 3.03. The number of nitro benzene ring substituents is 1. The van der Waals surface area contributed by atoms with Crippen LogP contribution in [0.15, 0.2) is 41.8 Å². The summed E-state index contributed by atoms with van der Waals surface area (Å²) in [6.07, 6.45) is 4.66. The zero-order valence-electron chi connectivity index (χ0n) is 17.9. The maximum absolute atomic E-state index is 11.9. The first-order valence-corrected chi connectivity index (χ1v) is 11.6. The van der Waals surface area contributed by atoms with Crippen molar-refractivity contribution in [1.29, 1.82) is 0 Å². The second-order valence-electron chi connectivity index (χ2n) is 6.61. The monoisotopic (exact) mass is 527 g/mol. The molecule has 0 aliphatic rings. The van der Waals surface area contributed by atoms with Gasteiger partial charge < -0.3 is 9.29 Å². The Morgan fingerprint density at radius 3 is 2.21 bits per heavy atom. The number of carbonyl (C=O) groups excluding carboxylic acids is 2. The minimum atomic E-state index is -6.09. The third-order valence-electron chi connectivity index (χ3n) is 3.88. The Kier molecular flexibility index (Phi) is 10.7. The molecule has 0 amide bonds. The lowest BCUT2D eigenvalue weighted by Crippen LogP contribution is -2.29. The number of alkyl halides is 3. The van der Waals surface area contributed by atoms with E-state index in [4.69, 9.17) is 17.7 Å². The number of Topliss-reactive ketones (excluding diaryl/α,β-unsaturated/α-hetero) is 1. The fourth-order valence-electron chi connectivity index (χ4n) is 2.25. The lowest BCUT2D eigenvalue weighted by atomic mass is 10.2. The van der Waals surface area contributed by atoms with Gasteiger partial charge >= 0.3 is 16.6 Å². The summed E-state index contributed by atoms with van der Waals surface area (Å²) in [5.41, 5.74) is -5.72. The molecule has 0 saturated heterocycles. The molecule has 11 nitrogen and oxygen atoms in total. The normalized spacial score (nSPS) is 11.4. The molecule has 0 N–H and O–H groups in total. The minimum Gasteiger partial charge on any atom is -0.741 e. The summed E-state index contributed by atoms with van der Waals surface area (Å²) < 4.78 is 67.9. The standard InChI is InChI=1S/C17H20N3O5S.CHF3O3S/c1-18-10-11-19(2)17(18)26-12-14(21)4-3-5-16(22)25-15-8-6-13(7-9-15)20(23)24;2-1(3,4)8(5,6)7/h6-11H,3-5,12H2,1-2H3;(H,5,6,7)/q+1;/p-1. The number of ketones is 1. The number of aromatic nitrogens is 2. The Morgan fingerprint density at radius 2 is 1.76 bits per heavy atom. The van der Waals surface area contributed by atoms with Gasteiger partial charge in [-0.1, -0.05) is 0 Å². The summed E-state index contributed by atoms with van der Waals surface area (Å²) in [5, 5.41) is 11.5. The van der Waals surface area contributed by atoms with Crippen LogP contribution in [0.5, 0.6) is 5.75 Å². The minimum absolute atomic E-state index is 0.0688. The number of non-ortho nitro benzene ring substituents is 1. The molecule has 1 aromatic heterocycles. The Morgan fingerprint density at radius 1 is 1.21 bits per heavy atom. The van der Waals surface area contributed by atoms with Crippen LogP contribution in [0.1, 0.15) is 19.3 Å². The first kappa shape index (κ1) is 29.1. The molecular formula is C18H20F3N3O8S2. The summed E-state index contributed by atoms with van der Waals surface area (Å²) in [4.78, 5) is 33.8. The zero-order chi connectivity index (χ0) is 26.1. The van der Waals surface area contributed by atoms with Gasteiger partial charge in [0.25, 0.3) is 5.69 Å². The molecule has 2 rings (SSSR count). The highest BCUT2D eigenvalue weighted by Crippen LogP contribution is 2.20. The van der Waals surface area contributed by atoms with Gasteiger partial charge in [0, 0.05) is 25.0 Å². The van der Waals surface area contributed by atoms with Gasteiger partial charge in [0.1, 0.15) is 23.9 Å². The van der Waals surface area contributed by atoms with Gasteiger partial charge in [-0.15, -0.1) is 0 Å².